The number of carbonyl (C=O) groups excluding carboxylic acids is 2. The maximum absolute atomic E-state index is 14.3. The normalized spacial score (nSPS) is 19.4. The minimum atomic E-state index is -0.874. The quantitative estimate of drug-likeness (QED) is 0.265. The molecule has 1 N–H and O–H groups in total. The molecular weight excluding hydrogens is 626 g/mol. The molecule has 6 rings (SSSR count). The lowest BCUT2D eigenvalue weighted by Crippen LogP contribution is -2.52. The lowest BCUT2D eigenvalue weighted by molar-refractivity contribution is -0.123. The molecule has 2 unspecified atom stereocenters. The number of hydrogen-bond donors (Lipinski definition) is 1. The summed E-state index contributed by atoms with van der Waals surface area (Å²) < 4.78 is 20.3. The number of carbonyl (C=O) groups is 2. The summed E-state index contributed by atoms with van der Waals surface area (Å²) in [5.74, 6) is -0.884. The smallest absolute Gasteiger partial charge is 0.414 e. The topological polar surface area (TPSA) is 65.1 Å². The number of nitrogens with one attached hydrogen (secondary N) is 1. The van der Waals surface area contributed by atoms with Crippen LogP contribution in [0.25, 0.3) is 0 Å². The van der Waals surface area contributed by atoms with Gasteiger partial charge in [0.15, 0.2) is 0 Å². The van der Waals surface area contributed by atoms with Crippen molar-refractivity contribution in [1.29, 1.82) is 0 Å². The van der Waals surface area contributed by atoms with Crippen LogP contribution in [0.1, 0.15) is 68.1 Å². The van der Waals surface area contributed by atoms with Gasteiger partial charge in [0.25, 0.3) is 0 Å². The summed E-state index contributed by atoms with van der Waals surface area (Å²) in [4.78, 5) is 32.7. The molecule has 0 saturated carbocycles. The zero-order chi connectivity index (χ0) is 32.4. The molecule has 244 valence electrons. The average Bonchev–Trinajstić information content (AvgIpc) is 3.07. The summed E-state index contributed by atoms with van der Waals surface area (Å²) in [6.45, 7) is 5.98. The second kappa shape index (κ2) is 13.8. The van der Waals surface area contributed by atoms with E-state index in [2.05, 4.69) is 46.3 Å². The SMILES string of the molecule is CC(CC(C(=O)NCc1ccc(N2CCCCC2)cc1)c1ccc(Cl)c(Cl)c1)N1CCC2(CC1)OC(=O)N(C)c1ccc(F)cc12. The van der Waals surface area contributed by atoms with Crippen molar-refractivity contribution in [2.75, 3.05) is 43.0 Å². The largest absolute Gasteiger partial charge is 0.437 e. The van der Waals surface area contributed by atoms with Gasteiger partial charge in [-0.15, -0.1) is 0 Å². The summed E-state index contributed by atoms with van der Waals surface area (Å²) in [6, 6.07) is 18.4. The molecule has 0 bridgehead atoms. The van der Waals surface area contributed by atoms with Crippen LogP contribution in [0.2, 0.25) is 10.0 Å². The zero-order valence-electron chi connectivity index (χ0n) is 26.4. The van der Waals surface area contributed by atoms with Crippen molar-refractivity contribution >= 4 is 46.6 Å². The van der Waals surface area contributed by atoms with E-state index in [0.29, 0.717) is 60.2 Å². The molecule has 2 amide bonds. The third-order valence-electron chi connectivity index (χ3n) is 9.96. The van der Waals surface area contributed by atoms with Gasteiger partial charge in [-0.3, -0.25) is 9.69 Å². The average molecular weight is 668 g/mol. The second-order valence-corrected chi connectivity index (χ2v) is 13.7. The first-order valence-corrected chi connectivity index (χ1v) is 17.0. The minimum absolute atomic E-state index is 0.0281. The number of rotatable bonds is 8. The van der Waals surface area contributed by atoms with Gasteiger partial charge in [0.2, 0.25) is 5.91 Å². The van der Waals surface area contributed by atoms with E-state index < -0.39 is 17.6 Å². The van der Waals surface area contributed by atoms with Crippen molar-refractivity contribution in [3.05, 3.63) is 93.2 Å². The molecule has 3 aliphatic rings. The van der Waals surface area contributed by atoms with Crippen LogP contribution < -0.4 is 15.1 Å². The van der Waals surface area contributed by atoms with Crippen molar-refractivity contribution in [2.45, 2.75) is 69.6 Å². The third-order valence-corrected chi connectivity index (χ3v) is 10.7. The van der Waals surface area contributed by atoms with Crippen LogP contribution in [0.5, 0.6) is 0 Å². The van der Waals surface area contributed by atoms with Gasteiger partial charge in [0.1, 0.15) is 11.4 Å². The molecular formula is C36H41Cl2FN4O3. The first kappa shape index (κ1) is 32.6. The lowest BCUT2D eigenvalue weighted by Gasteiger charge is -2.47. The molecule has 7 nitrogen and oxygen atoms in total. The van der Waals surface area contributed by atoms with Crippen molar-refractivity contribution < 1.29 is 18.7 Å². The molecule has 2 saturated heterocycles. The Kier molecular flexibility index (Phi) is 9.78. The highest BCUT2D eigenvalue weighted by molar-refractivity contribution is 6.42. The zero-order valence-corrected chi connectivity index (χ0v) is 27.9. The Labute approximate surface area is 280 Å². The number of piperidine rings is 2. The molecule has 3 aliphatic heterocycles. The predicted molar refractivity (Wildman–Crippen MR) is 181 cm³/mol. The first-order valence-electron chi connectivity index (χ1n) is 16.2. The Balaban J connectivity index is 1.14. The molecule has 3 aromatic carbocycles. The third kappa shape index (κ3) is 6.85. The molecule has 2 fully saturated rings. The molecule has 10 heteroatoms. The first-order chi connectivity index (χ1) is 22.1. The number of likely N-dealkylation sites (tertiary alicyclic amines) is 1. The Hall–Kier alpha value is -3.33. The molecule has 1 spiro atoms. The van der Waals surface area contributed by atoms with Gasteiger partial charge in [0.05, 0.1) is 21.7 Å². The van der Waals surface area contributed by atoms with Crippen LogP contribution >= 0.6 is 23.2 Å². The van der Waals surface area contributed by atoms with Gasteiger partial charge in [-0.1, -0.05) is 41.4 Å². The summed E-state index contributed by atoms with van der Waals surface area (Å²) >= 11 is 12.6. The molecule has 2 atom stereocenters. The van der Waals surface area contributed by atoms with Gasteiger partial charge in [0, 0.05) is 69.9 Å². The number of nitrogens with zero attached hydrogens (tertiary/aromatic N) is 3. The summed E-state index contributed by atoms with van der Waals surface area (Å²) in [5.41, 5.74) is 3.59. The van der Waals surface area contributed by atoms with E-state index in [1.54, 1.807) is 25.2 Å². The fourth-order valence-corrected chi connectivity index (χ4v) is 7.46. The number of fused-ring (bicyclic) bond motifs is 2. The van der Waals surface area contributed by atoms with Crippen LogP contribution in [-0.2, 0) is 21.7 Å². The van der Waals surface area contributed by atoms with Crippen LogP contribution in [0.3, 0.4) is 0 Å². The standard InChI is InChI=1S/C36H41Cl2FN4O3/c1-24(42-18-14-36(15-19-42)30-22-27(39)9-13-33(30)41(2)35(45)46-36)20-29(26-8-12-31(37)32(38)21-26)34(44)40-23-25-6-10-28(11-7-25)43-16-4-3-5-17-43/h6-13,21-22,24,29H,3-5,14-20,23H2,1-2H3,(H,40,44). The lowest BCUT2D eigenvalue weighted by atomic mass is 9.81. The Morgan fingerprint density at radius 3 is 2.37 bits per heavy atom. The molecule has 0 aliphatic carbocycles. The molecule has 0 aromatic heterocycles. The monoisotopic (exact) mass is 666 g/mol. The van der Waals surface area contributed by atoms with E-state index in [0.717, 1.165) is 24.2 Å². The van der Waals surface area contributed by atoms with E-state index in [4.69, 9.17) is 27.9 Å². The Bertz CT molecular complexity index is 1570. The highest BCUT2D eigenvalue weighted by Gasteiger charge is 2.47. The van der Waals surface area contributed by atoms with E-state index in [1.807, 2.05) is 6.07 Å². The number of hydrogen-bond acceptors (Lipinski definition) is 5. The van der Waals surface area contributed by atoms with E-state index >= 15 is 0 Å². The predicted octanol–water partition coefficient (Wildman–Crippen LogP) is 7.88. The van der Waals surface area contributed by atoms with Gasteiger partial charge in [-0.2, -0.15) is 0 Å². The minimum Gasteiger partial charge on any atom is -0.437 e. The van der Waals surface area contributed by atoms with Crippen LogP contribution in [0.4, 0.5) is 20.6 Å². The van der Waals surface area contributed by atoms with Crippen LogP contribution in [0.15, 0.2) is 60.7 Å². The van der Waals surface area contributed by atoms with Gasteiger partial charge >= 0.3 is 6.09 Å². The fraction of sp³-hybridized carbons (Fsp3) is 0.444. The number of benzene rings is 3. The number of amides is 2. The maximum atomic E-state index is 14.3. The van der Waals surface area contributed by atoms with Gasteiger partial charge < -0.3 is 19.9 Å². The Morgan fingerprint density at radius 1 is 0.957 bits per heavy atom. The van der Waals surface area contributed by atoms with Crippen molar-refractivity contribution in [3.63, 3.8) is 0 Å². The number of anilines is 2. The maximum Gasteiger partial charge on any atom is 0.414 e. The van der Waals surface area contributed by atoms with Crippen LogP contribution in [0, 0.1) is 5.82 Å². The van der Waals surface area contributed by atoms with E-state index in [-0.39, 0.29) is 17.8 Å². The van der Waals surface area contributed by atoms with Gasteiger partial charge in [-0.25, -0.2) is 9.18 Å². The fourth-order valence-electron chi connectivity index (χ4n) is 7.15. The molecule has 3 aromatic rings. The summed E-state index contributed by atoms with van der Waals surface area (Å²) in [7, 11) is 1.64. The summed E-state index contributed by atoms with van der Waals surface area (Å²) in [6.07, 6.45) is 4.93. The molecule has 46 heavy (non-hydrogen) atoms. The molecule has 3 heterocycles. The Morgan fingerprint density at radius 2 is 1.67 bits per heavy atom. The van der Waals surface area contributed by atoms with E-state index in [1.165, 1.54) is 42.0 Å². The highest BCUT2D eigenvalue weighted by atomic mass is 35.5. The summed E-state index contributed by atoms with van der Waals surface area (Å²) in [5, 5.41) is 4.02. The second-order valence-electron chi connectivity index (χ2n) is 12.9. The van der Waals surface area contributed by atoms with E-state index in [9.17, 15) is 14.0 Å². The van der Waals surface area contributed by atoms with Crippen molar-refractivity contribution in [1.82, 2.24) is 10.2 Å². The molecule has 0 radical (unpaired) electrons. The van der Waals surface area contributed by atoms with Gasteiger partial charge in [-0.05, 0) is 86.2 Å². The van der Waals surface area contributed by atoms with Crippen molar-refractivity contribution in [3.8, 4) is 0 Å². The number of halogens is 3. The number of ether oxygens (including phenoxy) is 1. The highest BCUT2D eigenvalue weighted by Crippen LogP contribution is 2.46. The van der Waals surface area contributed by atoms with Crippen LogP contribution in [-0.4, -0.2) is 56.2 Å². The van der Waals surface area contributed by atoms with Crippen molar-refractivity contribution in [2.24, 2.45) is 0 Å².